The molecule has 1 fully saturated rings. The van der Waals surface area contributed by atoms with Crippen LogP contribution in [0.1, 0.15) is 18.1 Å². The number of rotatable bonds is 13. The van der Waals surface area contributed by atoms with Crippen molar-refractivity contribution < 1.29 is 33.9 Å². The third-order valence-electron chi connectivity index (χ3n) is 6.46. The van der Waals surface area contributed by atoms with E-state index in [1.807, 2.05) is 35.2 Å². The fraction of sp³-hybridized carbons (Fsp3) is 0.444. The molecule has 12 heteroatoms. The molecule has 0 aliphatic carbocycles. The average Bonchev–Trinajstić information content (AvgIpc) is 2.93. The minimum atomic E-state index is -1.81. The number of carbonyl (C=O) groups is 3. The Labute approximate surface area is 229 Å². The van der Waals surface area contributed by atoms with Crippen LogP contribution in [0.5, 0.6) is 5.75 Å². The van der Waals surface area contributed by atoms with E-state index in [0.29, 0.717) is 32.1 Å². The van der Waals surface area contributed by atoms with Gasteiger partial charge in [0.25, 0.3) is 0 Å². The molecule has 0 spiro atoms. The van der Waals surface area contributed by atoms with E-state index in [1.54, 1.807) is 38.3 Å². The van der Waals surface area contributed by atoms with Crippen molar-refractivity contribution >= 4 is 24.8 Å². The first kappa shape index (κ1) is 30.1. The summed E-state index contributed by atoms with van der Waals surface area (Å²) < 4.78 is 10.5. The van der Waals surface area contributed by atoms with E-state index >= 15 is 0 Å². The molecule has 0 unspecified atom stereocenters. The van der Waals surface area contributed by atoms with Crippen molar-refractivity contribution in [3.8, 4) is 5.75 Å². The van der Waals surface area contributed by atoms with Crippen LogP contribution in [0.4, 0.5) is 0 Å². The summed E-state index contributed by atoms with van der Waals surface area (Å²) in [6, 6.07) is 14.2. The first-order chi connectivity index (χ1) is 18.7. The van der Waals surface area contributed by atoms with Crippen LogP contribution in [0.3, 0.4) is 0 Å². The van der Waals surface area contributed by atoms with Crippen LogP contribution < -0.4 is 20.7 Å². The van der Waals surface area contributed by atoms with Crippen LogP contribution in [0.15, 0.2) is 54.6 Å². The number of hydrogen-bond acceptors (Lipinski definition) is 8. The highest BCUT2D eigenvalue weighted by atomic mass is 16.5. The molecule has 1 saturated heterocycles. The molecule has 0 radical (unpaired) electrons. The van der Waals surface area contributed by atoms with Crippen LogP contribution in [-0.4, -0.2) is 97.8 Å². The van der Waals surface area contributed by atoms with Crippen LogP contribution in [-0.2, 0) is 32.0 Å². The van der Waals surface area contributed by atoms with Crippen molar-refractivity contribution in [2.75, 3.05) is 40.0 Å². The minimum absolute atomic E-state index is 0.135. The molecule has 3 amide bonds. The second-order valence-corrected chi connectivity index (χ2v) is 9.51. The van der Waals surface area contributed by atoms with Gasteiger partial charge < -0.3 is 35.5 Å². The van der Waals surface area contributed by atoms with Gasteiger partial charge in [0.1, 0.15) is 17.8 Å². The molecule has 2 aromatic carbocycles. The van der Waals surface area contributed by atoms with Gasteiger partial charge in [-0.05, 0) is 36.6 Å². The minimum Gasteiger partial charge on any atom is -0.497 e. The zero-order valence-corrected chi connectivity index (χ0v) is 22.3. The summed E-state index contributed by atoms with van der Waals surface area (Å²) in [6.45, 7) is 4.08. The molecule has 0 saturated carbocycles. The van der Waals surface area contributed by atoms with Gasteiger partial charge in [-0.1, -0.05) is 42.5 Å². The van der Waals surface area contributed by atoms with Crippen LogP contribution in [0.25, 0.3) is 0 Å². The van der Waals surface area contributed by atoms with Gasteiger partial charge in [-0.2, -0.15) is 0 Å². The second-order valence-electron chi connectivity index (χ2n) is 9.51. The number of morpholine rings is 1. The predicted molar refractivity (Wildman–Crippen MR) is 146 cm³/mol. The van der Waals surface area contributed by atoms with Gasteiger partial charge in [-0.3, -0.25) is 19.3 Å². The highest BCUT2D eigenvalue weighted by Crippen LogP contribution is 2.13. The molecule has 3 atom stereocenters. The predicted octanol–water partition coefficient (Wildman–Crippen LogP) is -0.701. The van der Waals surface area contributed by atoms with Crippen LogP contribution >= 0.6 is 0 Å². The Balaban J connectivity index is 1.67. The number of ether oxygens (including phenoxy) is 2. The Morgan fingerprint density at radius 2 is 1.56 bits per heavy atom. The van der Waals surface area contributed by atoms with Gasteiger partial charge in [-0.15, -0.1) is 0 Å². The third kappa shape index (κ3) is 9.99. The van der Waals surface area contributed by atoms with Gasteiger partial charge in [0, 0.05) is 19.5 Å². The summed E-state index contributed by atoms with van der Waals surface area (Å²) in [5.41, 5.74) is 1.56. The van der Waals surface area contributed by atoms with E-state index in [2.05, 4.69) is 16.0 Å². The molecule has 0 aromatic heterocycles. The molecular weight excluding hydrogens is 503 g/mol. The van der Waals surface area contributed by atoms with Gasteiger partial charge in [0.15, 0.2) is 0 Å². The number of benzene rings is 2. The largest absolute Gasteiger partial charge is 0.497 e. The van der Waals surface area contributed by atoms with Crippen LogP contribution in [0.2, 0.25) is 0 Å². The Hall–Kier alpha value is -3.45. The zero-order chi connectivity index (χ0) is 28.2. The van der Waals surface area contributed by atoms with Crippen molar-refractivity contribution in [2.45, 2.75) is 37.8 Å². The molecule has 1 heterocycles. The Bertz CT molecular complexity index is 1070. The number of methoxy groups -OCH3 is 1. The number of carbonyl (C=O) groups excluding carboxylic acids is 3. The number of hydrogen-bond donors (Lipinski definition) is 5. The van der Waals surface area contributed by atoms with E-state index in [9.17, 15) is 24.4 Å². The Morgan fingerprint density at radius 3 is 2.18 bits per heavy atom. The highest BCUT2D eigenvalue weighted by Gasteiger charge is 2.31. The monoisotopic (exact) mass is 540 g/mol. The fourth-order valence-corrected chi connectivity index (χ4v) is 4.20. The normalized spacial score (nSPS) is 15.9. The summed E-state index contributed by atoms with van der Waals surface area (Å²) in [4.78, 5) is 40.8. The summed E-state index contributed by atoms with van der Waals surface area (Å²) in [6.07, 6.45) is 0.317. The maximum atomic E-state index is 13.3. The first-order valence-electron chi connectivity index (χ1n) is 13.0. The van der Waals surface area contributed by atoms with E-state index in [-0.39, 0.29) is 25.3 Å². The van der Waals surface area contributed by atoms with E-state index < -0.39 is 37.0 Å². The Kier molecular flexibility index (Phi) is 11.7. The number of nitrogens with zero attached hydrogens (tertiary/aromatic N) is 1. The smallest absolute Gasteiger partial charge is 0.475 e. The topological polar surface area (TPSA) is 149 Å². The zero-order valence-electron chi connectivity index (χ0n) is 22.3. The SMILES string of the molecule is COc1ccc(C[C@H](NC(=O)[C@H](C)NC(=O)CN2CCOCC2)C(=O)N[C@@H](Cc2ccccc2)B(O)O)cc1. The van der Waals surface area contributed by atoms with Crippen molar-refractivity contribution in [3.63, 3.8) is 0 Å². The lowest BCUT2D eigenvalue weighted by atomic mass is 9.75. The van der Waals surface area contributed by atoms with E-state index in [4.69, 9.17) is 9.47 Å². The Morgan fingerprint density at radius 1 is 0.923 bits per heavy atom. The molecule has 1 aliphatic heterocycles. The molecule has 210 valence electrons. The average molecular weight is 540 g/mol. The van der Waals surface area contributed by atoms with Crippen molar-refractivity contribution in [1.29, 1.82) is 0 Å². The second kappa shape index (κ2) is 15.2. The lowest BCUT2D eigenvalue weighted by Crippen LogP contribution is -2.58. The summed E-state index contributed by atoms with van der Waals surface area (Å²) >= 11 is 0. The molecular formula is C27H37BN4O7. The first-order valence-corrected chi connectivity index (χ1v) is 13.0. The molecule has 11 nitrogen and oxygen atoms in total. The fourth-order valence-electron chi connectivity index (χ4n) is 4.20. The van der Waals surface area contributed by atoms with E-state index in [0.717, 1.165) is 11.1 Å². The lowest BCUT2D eigenvalue weighted by Gasteiger charge is -2.27. The van der Waals surface area contributed by atoms with Crippen molar-refractivity contribution in [3.05, 3.63) is 65.7 Å². The maximum Gasteiger partial charge on any atom is 0.475 e. The van der Waals surface area contributed by atoms with Gasteiger partial charge in [0.2, 0.25) is 17.7 Å². The van der Waals surface area contributed by atoms with Crippen LogP contribution in [0, 0.1) is 0 Å². The number of nitrogens with one attached hydrogen (secondary N) is 3. The molecule has 1 aliphatic rings. The molecule has 3 rings (SSSR count). The molecule has 0 bridgehead atoms. The lowest BCUT2D eigenvalue weighted by molar-refractivity contribution is -0.132. The standard InChI is InChI=1S/C27H37BN4O7/c1-19(29-25(33)18-32-12-14-39-15-13-32)26(34)30-23(16-21-8-10-22(38-2)11-9-21)27(35)31-24(28(36)37)17-20-6-4-3-5-7-20/h3-11,19,23-24,36-37H,12-18H2,1-2H3,(H,29,33)(H,30,34)(H,31,35)/t19-,23-,24-/m0/s1. The quantitative estimate of drug-likeness (QED) is 0.210. The van der Waals surface area contributed by atoms with Crippen molar-refractivity contribution in [1.82, 2.24) is 20.9 Å². The van der Waals surface area contributed by atoms with Gasteiger partial charge >= 0.3 is 7.12 Å². The van der Waals surface area contributed by atoms with Gasteiger partial charge in [-0.25, -0.2) is 0 Å². The maximum absolute atomic E-state index is 13.3. The third-order valence-corrected chi connectivity index (χ3v) is 6.46. The number of amides is 3. The molecule has 5 N–H and O–H groups in total. The van der Waals surface area contributed by atoms with Crippen molar-refractivity contribution in [2.24, 2.45) is 0 Å². The highest BCUT2D eigenvalue weighted by molar-refractivity contribution is 6.43. The summed E-state index contributed by atoms with van der Waals surface area (Å²) in [7, 11) is -0.266. The molecule has 39 heavy (non-hydrogen) atoms. The van der Waals surface area contributed by atoms with Gasteiger partial charge in [0.05, 0.1) is 32.8 Å². The summed E-state index contributed by atoms with van der Waals surface area (Å²) in [5, 5.41) is 27.9. The van der Waals surface area contributed by atoms with E-state index in [1.165, 1.54) is 0 Å². The molecule has 2 aromatic rings. The summed E-state index contributed by atoms with van der Waals surface area (Å²) in [5.74, 6) is -1.78.